The highest BCUT2D eigenvalue weighted by Crippen LogP contribution is 2.60. The zero-order chi connectivity index (χ0) is 7.30. The molecule has 2 aliphatic carbocycles. The van der Waals surface area contributed by atoms with E-state index in [4.69, 9.17) is 0 Å². The Hall–Kier alpha value is -0.0400. The molecule has 2 aliphatic rings. The van der Waals surface area contributed by atoms with Crippen molar-refractivity contribution in [3.05, 3.63) is 0 Å². The summed E-state index contributed by atoms with van der Waals surface area (Å²) < 4.78 is 0. The summed E-state index contributed by atoms with van der Waals surface area (Å²) in [6.07, 6.45) is 2.41. The number of rotatable bonds is 1. The molecule has 2 fully saturated rings. The van der Waals surface area contributed by atoms with Crippen molar-refractivity contribution < 1.29 is 5.11 Å². The highest BCUT2D eigenvalue weighted by Gasteiger charge is 2.58. The van der Waals surface area contributed by atoms with Gasteiger partial charge in [-0.2, -0.15) is 0 Å². The van der Waals surface area contributed by atoms with Crippen LogP contribution in [-0.2, 0) is 0 Å². The first-order valence-electron chi connectivity index (χ1n) is 4.40. The second-order valence-corrected chi connectivity index (χ2v) is 4.21. The van der Waals surface area contributed by atoms with Crippen LogP contribution in [0.25, 0.3) is 0 Å². The topological polar surface area (TPSA) is 20.2 Å². The molecular weight excluding hydrogens is 124 g/mol. The summed E-state index contributed by atoms with van der Waals surface area (Å²) in [6, 6.07) is 0. The van der Waals surface area contributed by atoms with Gasteiger partial charge in [0, 0.05) is 0 Å². The van der Waals surface area contributed by atoms with E-state index >= 15 is 0 Å². The molecule has 0 aromatic rings. The lowest BCUT2D eigenvalue weighted by molar-refractivity contribution is 0.144. The average Bonchev–Trinajstić information content (AvgIpc) is 2.48. The second-order valence-electron chi connectivity index (χ2n) is 4.21. The standard InChI is InChI=1S/C9H16O/c1-5(2)8-6-3-4-7(10)9(6)8/h5-10H,3-4H2,1-2H3. The molecule has 0 amide bonds. The predicted molar refractivity (Wildman–Crippen MR) is 40.5 cm³/mol. The maximum absolute atomic E-state index is 9.46. The minimum Gasteiger partial charge on any atom is -0.393 e. The van der Waals surface area contributed by atoms with E-state index < -0.39 is 0 Å². The molecule has 0 aromatic heterocycles. The van der Waals surface area contributed by atoms with E-state index in [1.165, 1.54) is 6.42 Å². The molecule has 0 spiro atoms. The van der Waals surface area contributed by atoms with Gasteiger partial charge in [0.2, 0.25) is 0 Å². The van der Waals surface area contributed by atoms with Crippen LogP contribution < -0.4 is 0 Å². The number of fused-ring (bicyclic) bond motifs is 1. The van der Waals surface area contributed by atoms with Gasteiger partial charge in [-0.05, 0) is 36.5 Å². The Kier molecular flexibility index (Phi) is 1.31. The molecule has 0 aromatic carbocycles. The summed E-state index contributed by atoms with van der Waals surface area (Å²) in [5, 5.41) is 9.46. The van der Waals surface area contributed by atoms with Gasteiger partial charge in [-0.15, -0.1) is 0 Å². The smallest absolute Gasteiger partial charge is 0.0574 e. The van der Waals surface area contributed by atoms with Gasteiger partial charge in [-0.25, -0.2) is 0 Å². The lowest BCUT2D eigenvalue weighted by Gasteiger charge is -2.09. The highest BCUT2D eigenvalue weighted by atomic mass is 16.3. The molecule has 2 saturated carbocycles. The van der Waals surface area contributed by atoms with Crippen molar-refractivity contribution in [2.75, 3.05) is 0 Å². The predicted octanol–water partition coefficient (Wildman–Crippen LogP) is 1.66. The van der Waals surface area contributed by atoms with Crippen LogP contribution in [0.1, 0.15) is 26.7 Å². The van der Waals surface area contributed by atoms with Gasteiger partial charge >= 0.3 is 0 Å². The largest absolute Gasteiger partial charge is 0.393 e. The normalized spacial score (nSPS) is 51.6. The summed E-state index contributed by atoms with van der Waals surface area (Å²) >= 11 is 0. The van der Waals surface area contributed by atoms with Crippen LogP contribution in [-0.4, -0.2) is 11.2 Å². The van der Waals surface area contributed by atoms with Gasteiger partial charge in [0.05, 0.1) is 6.10 Å². The van der Waals surface area contributed by atoms with Crippen LogP contribution in [0, 0.1) is 23.7 Å². The maximum atomic E-state index is 9.46. The van der Waals surface area contributed by atoms with E-state index in [2.05, 4.69) is 13.8 Å². The summed E-state index contributed by atoms with van der Waals surface area (Å²) in [6.45, 7) is 4.55. The first kappa shape index (κ1) is 6.66. The van der Waals surface area contributed by atoms with E-state index in [1.807, 2.05) is 0 Å². The molecule has 0 aliphatic heterocycles. The Morgan fingerprint density at radius 3 is 2.30 bits per heavy atom. The Morgan fingerprint density at radius 2 is 2.00 bits per heavy atom. The molecule has 4 unspecified atom stereocenters. The molecule has 0 bridgehead atoms. The molecule has 1 heteroatoms. The molecule has 0 heterocycles. The zero-order valence-electron chi connectivity index (χ0n) is 6.75. The van der Waals surface area contributed by atoms with Crippen LogP contribution in [0.4, 0.5) is 0 Å². The second kappa shape index (κ2) is 1.97. The molecule has 4 atom stereocenters. The summed E-state index contributed by atoms with van der Waals surface area (Å²) in [5.74, 6) is 3.25. The first-order chi connectivity index (χ1) is 4.72. The maximum Gasteiger partial charge on any atom is 0.0574 e. The van der Waals surface area contributed by atoms with E-state index in [0.29, 0.717) is 5.92 Å². The van der Waals surface area contributed by atoms with E-state index in [1.54, 1.807) is 0 Å². The minimum absolute atomic E-state index is 0.0531. The average molecular weight is 140 g/mol. The van der Waals surface area contributed by atoms with Crippen LogP contribution in [0.15, 0.2) is 0 Å². The van der Waals surface area contributed by atoms with Gasteiger partial charge in [-0.3, -0.25) is 0 Å². The van der Waals surface area contributed by atoms with Crippen LogP contribution in [0.5, 0.6) is 0 Å². The molecule has 10 heavy (non-hydrogen) atoms. The summed E-state index contributed by atoms with van der Waals surface area (Å²) in [5.41, 5.74) is 0. The van der Waals surface area contributed by atoms with Crippen molar-refractivity contribution in [2.24, 2.45) is 23.7 Å². The third-order valence-electron chi connectivity index (χ3n) is 3.30. The van der Waals surface area contributed by atoms with Gasteiger partial charge in [-0.1, -0.05) is 13.8 Å². The zero-order valence-corrected chi connectivity index (χ0v) is 6.75. The van der Waals surface area contributed by atoms with Crippen molar-refractivity contribution in [3.63, 3.8) is 0 Å². The molecule has 58 valence electrons. The lowest BCUT2D eigenvalue weighted by Crippen LogP contribution is -2.09. The number of aliphatic hydroxyl groups excluding tert-OH is 1. The van der Waals surface area contributed by atoms with Crippen molar-refractivity contribution in [3.8, 4) is 0 Å². The van der Waals surface area contributed by atoms with Crippen molar-refractivity contribution in [1.82, 2.24) is 0 Å². The summed E-state index contributed by atoms with van der Waals surface area (Å²) in [4.78, 5) is 0. The Morgan fingerprint density at radius 1 is 1.30 bits per heavy atom. The monoisotopic (exact) mass is 140 g/mol. The quantitative estimate of drug-likeness (QED) is 0.587. The van der Waals surface area contributed by atoms with Crippen molar-refractivity contribution in [2.45, 2.75) is 32.8 Å². The van der Waals surface area contributed by atoms with Crippen molar-refractivity contribution in [1.29, 1.82) is 0 Å². The third kappa shape index (κ3) is 0.731. The highest BCUT2D eigenvalue weighted by molar-refractivity contribution is 5.06. The Balaban J connectivity index is 1.98. The molecule has 0 radical (unpaired) electrons. The fraction of sp³-hybridized carbons (Fsp3) is 1.00. The SMILES string of the molecule is CC(C)C1C2CCC(O)C21. The molecule has 1 nitrogen and oxygen atoms in total. The van der Waals surface area contributed by atoms with Crippen LogP contribution in [0.3, 0.4) is 0 Å². The van der Waals surface area contributed by atoms with Gasteiger partial charge in [0.25, 0.3) is 0 Å². The van der Waals surface area contributed by atoms with E-state index in [0.717, 1.165) is 24.2 Å². The van der Waals surface area contributed by atoms with Crippen LogP contribution in [0.2, 0.25) is 0 Å². The minimum atomic E-state index is 0.0531. The molecular formula is C9H16O. The van der Waals surface area contributed by atoms with Gasteiger partial charge in [0.15, 0.2) is 0 Å². The van der Waals surface area contributed by atoms with Gasteiger partial charge in [0.1, 0.15) is 0 Å². The molecule has 2 rings (SSSR count). The van der Waals surface area contributed by atoms with Gasteiger partial charge < -0.3 is 5.11 Å². The van der Waals surface area contributed by atoms with Crippen LogP contribution >= 0.6 is 0 Å². The molecule has 1 N–H and O–H groups in total. The fourth-order valence-corrected chi connectivity index (χ4v) is 2.85. The fourth-order valence-electron chi connectivity index (χ4n) is 2.85. The van der Waals surface area contributed by atoms with Crippen molar-refractivity contribution >= 4 is 0 Å². The summed E-state index contributed by atoms with van der Waals surface area (Å²) in [7, 11) is 0. The number of hydrogen-bond donors (Lipinski definition) is 1. The lowest BCUT2D eigenvalue weighted by atomic mass is 10.00. The first-order valence-corrected chi connectivity index (χ1v) is 4.40. The Labute approximate surface area is 62.4 Å². The third-order valence-corrected chi connectivity index (χ3v) is 3.30. The Bertz CT molecular complexity index is 138. The van der Waals surface area contributed by atoms with E-state index in [-0.39, 0.29) is 6.10 Å². The number of hydrogen-bond acceptors (Lipinski definition) is 1. The van der Waals surface area contributed by atoms with E-state index in [9.17, 15) is 5.11 Å². The number of aliphatic hydroxyl groups is 1. The molecule has 0 saturated heterocycles.